The van der Waals surface area contributed by atoms with Gasteiger partial charge in [-0.15, -0.1) is 0 Å². The summed E-state index contributed by atoms with van der Waals surface area (Å²) < 4.78 is 6.44. The quantitative estimate of drug-likeness (QED) is 0.825. The highest BCUT2D eigenvalue weighted by Crippen LogP contribution is 2.35. The molecular formula is C15H14N4O4. The first kappa shape index (κ1) is 14.8. The summed E-state index contributed by atoms with van der Waals surface area (Å²) in [5, 5.41) is 16.2. The van der Waals surface area contributed by atoms with Crippen molar-refractivity contribution in [3.63, 3.8) is 0 Å². The van der Waals surface area contributed by atoms with Crippen LogP contribution in [0.1, 0.15) is 28.9 Å². The second-order valence-electron chi connectivity index (χ2n) is 5.01. The van der Waals surface area contributed by atoms with Gasteiger partial charge in [-0.3, -0.25) is 0 Å². The zero-order chi connectivity index (χ0) is 16.6. The fourth-order valence-corrected chi connectivity index (χ4v) is 2.58. The molecule has 3 rings (SSSR count). The number of fused-ring (bicyclic) bond motifs is 1. The molecule has 1 aliphatic rings. The molecule has 0 spiro atoms. The average Bonchev–Trinajstić information content (AvgIpc) is 3.00. The van der Waals surface area contributed by atoms with E-state index in [9.17, 15) is 9.59 Å². The van der Waals surface area contributed by atoms with Crippen LogP contribution in [0.3, 0.4) is 0 Å². The smallest absolute Gasteiger partial charge is 0.338 e. The third kappa shape index (κ3) is 2.44. The lowest BCUT2D eigenvalue weighted by Crippen LogP contribution is -2.29. The molecule has 0 radical (unpaired) electrons. The fraction of sp³-hybridized carbons (Fsp3) is 0.200. The maximum Gasteiger partial charge on any atom is 0.338 e. The number of nitrogens with one attached hydrogen (secondary N) is 1. The fourth-order valence-electron chi connectivity index (χ4n) is 2.58. The van der Waals surface area contributed by atoms with Crippen LogP contribution >= 0.6 is 0 Å². The number of benzene rings is 1. The van der Waals surface area contributed by atoms with Crippen molar-refractivity contribution >= 4 is 17.9 Å². The lowest BCUT2D eigenvalue weighted by atomic mass is 9.95. The molecule has 8 heteroatoms. The van der Waals surface area contributed by atoms with Gasteiger partial charge >= 0.3 is 11.9 Å². The van der Waals surface area contributed by atoms with Gasteiger partial charge in [-0.1, -0.05) is 12.1 Å². The van der Waals surface area contributed by atoms with Crippen molar-refractivity contribution in [2.45, 2.75) is 13.0 Å². The van der Waals surface area contributed by atoms with Crippen LogP contribution in [0, 0.1) is 0 Å². The number of hydrogen-bond donors (Lipinski definition) is 2. The Labute approximate surface area is 131 Å². The molecule has 0 fully saturated rings. The number of carboxylic acid groups (broad SMARTS) is 1. The lowest BCUT2D eigenvalue weighted by molar-refractivity contribution is -0.136. The highest BCUT2D eigenvalue weighted by atomic mass is 16.5. The van der Waals surface area contributed by atoms with Gasteiger partial charge in [0.15, 0.2) is 0 Å². The second-order valence-corrected chi connectivity index (χ2v) is 5.01. The number of methoxy groups -OCH3 is 1. The molecule has 2 N–H and O–H groups in total. The van der Waals surface area contributed by atoms with Crippen LogP contribution < -0.4 is 5.32 Å². The van der Waals surface area contributed by atoms with Crippen molar-refractivity contribution in [3.8, 4) is 0 Å². The Balaban J connectivity index is 2.13. The third-order valence-corrected chi connectivity index (χ3v) is 3.67. The average molecular weight is 314 g/mol. The zero-order valence-corrected chi connectivity index (χ0v) is 12.5. The minimum atomic E-state index is -1.01. The molecule has 0 saturated carbocycles. The van der Waals surface area contributed by atoms with E-state index < -0.39 is 18.0 Å². The third-order valence-electron chi connectivity index (χ3n) is 3.67. The van der Waals surface area contributed by atoms with E-state index in [1.807, 2.05) is 0 Å². The summed E-state index contributed by atoms with van der Waals surface area (Å²) in [5.41, 5.74) is 1.89. The van der Waals surface area contributed by atoms with Crippen molar-refractivity contribution in [2.24, 2.45) is 0 Å². The molecule has 1 aromatic heterocycles. The summed E-state index contributed by atoms with van der Waals surface area (Å²) in [4.78, 5) is 27.3. The van der Waals surface area contributed by atoms with Crippen LogP contribution in [-0.4, -0.2) is 38.9 Å². The summed E-state index contributed by atoms with van der Waals surface area (Å²) >= 11 is 0. The molecule has 1 atom stereocenters. The van der Waals surface area contributed by atoms with Crippen LogP contribution in [-0.2, 0) is 9.53 Å². The Morgan fingerprint density at radius 2 is 2.00 bits per heavy atom. The van der Waals surface area contributed by atoms with E-state index in [1.165, 1.54) is 25.6 Å². The summed E-state index contributed by atoms with van der Waals surface area (Å²) in [6.07, 6.45) is 1.38. The number of carboxylic acids is 1. The molecule has 0 unspecified atom stereocenters. The number of allylic oxidation sites excluding steroid dienone is 1. The number of aromatic carboxylic acids is 1. The van der Waals surface area contributed by atoms with E-state index in [-0.39, 0.29) is 5.56 Å². The van der Waals surface area contributed by atoms with Crippen LogP contribution in [0.15, 0.2) is 41.9 Å². The van der Waals surface area contributed by atoms with Crippen LogP contribution in [0.2, 0.25) is 0 Å². The first-order chi connectivity index (χ1) is 11.0. The monoisotopic (exact) mass is 314 g/mol. The normalized spacial score (nSPS) is 16.5. The van der Waals surface area contributed by atoms with E-state index in [4.69, 9.17) is 9.84 Å². The number of esters is 1. The van der Waals surface area contributed by atoms with Crippen molar-refractivity contribution in [1.29, 1.82) is 0 Å². The van der Waals surface area contributed by atoms with Gasteiger partial charge in [-0.25, -0.2) is 14.3 Å². The van der Waals surface area contributed by atoms with E-state index in [0.29, 0.717) is 22.8 Å². The molecule has 23 heavy (non-hydrogen) atoms. The minimum Gasteiger partial charge on any atom is -0.478 e. The molecule has 8 nitrogen and oxygen atoms in total. The van der Waals surface area contributed by atoms with Crippen LogP contribution in [0.25, 0.3) is 0 Å². The lowest BCUT2D eigenvalue weighted by Gasteiger charge is -2.27. The van der Waals surface area contributed by atoms with Gasteiger partial charge in [0, 0.05) is 5.70 Å². The molecule has 0 bridgehead atoms. The standard InChI is InChI=1S/C15H14N4O4/c1-8-11(14(22)23-2)12(19-15(18-8)16-7-17-19)9-3-5-10(6-4-9)13(20)21/h3-7,12H,1-2H3,(H,20,21)(H,16,17,18)/t12-/m0/s1. The van der Waals surface area contributed by atoms with E-state index in [1.54, 1.807) is 23.7 Å². The van der Waals surface area contributed by atoms with Crippen LogP contribution in [0.5, 0.6) is 0 Å². The first-order valence-corrected chi connectivity index (χ1v) is 6.81. The summed E-state index contributed by atoms with van der Waals surface area (Å²) in [6.45, 7) is 1.75. The van der Waals surface area contributed by atoms with Crippen LogP contribution in [0.4, 0.5) is 5.95 Å². The molecule has 2 heterocycles. The topological polar surface area (TPSA) is 106 Å². The summed E-state index contributed by atoms with van der Waals surface area (Å²) in [5.74, 6) is -0.992. The first-order valence-electron chi connectivity index (χ1n) is 6.81. The SMILES string of the molecule is COC(=O)C1=C(C)Nc2ncnn2[C@H]1c1ccc(C(=O)O)cc1. The molecule has 118 valence electrons. The van der Waals surface area contributed by atoms with Crippen molar-refractivity contribution in [2.75, 3.05) is 12.4 Å². The largest absolute Gasteiger partial charge is 0.478 e. The number of anilines is 1. The highest BCUT2D eigenvalue weighted by Gasteiger charge is 2.33. The number of aromatic nitrogens is 3. The molecule has 0 saturated heterocycles. The Bertz CT molecular complexity index is 807. The number of ether oxygens (including phenoxy) is 1. The molecule has 0 amide bonds. The maximum absolute atomic E-state index is 12.2. The number of carbonyl (C=O) groups is 2. The number of hydrogen-bond acceptors (Lipinski definition) is 6. The van der Waals surface area contributed by atoms with Gasteiger partial charge in [0.1, 0.15) is 12.4 Å². The molecule has 1 aliphatic heterocycles. The van der Waals surface area contributed by atoms with Gasteiger partial charge in [0.25, 0.3) is 0 Å². The maximum atomic E-state index is 12.2. The summed E-state index contributed by atoms with van der Waals surface area (Å²) in [6, 6.07) is 5.74. The molecule has 1 aromatic carbocycles. The Kier molecular flexibility index (Phi) is 3.57. The Morgan fingerprint density at radius 3 is 2.61 bits per heavy atom. The van der Waals surface area contributed by atoms with Gasteiger partial charge in [0.05, 0.1) is 18.2 Å². The van der Waals surface area contributed by atoms with Gasteiger partial charge in [0.2, 0.25) is 5.95 Å². The van der Waals surface area contributed by atoms with Crippen molar-refractivity contribution < 1.29 is 19.4 Å². The summed E-state index contributed by atoms with van der Waals surface area (Å²) in [7, 11) is 1.31. The number of carbonyl (C=O) groups excluding carboxylic acids is 1. The number of nitrogens with zero attached hydrogens (tertiary/aromatic N) is 3. The number of rotatable bonds is 3. The molecular weight excluding hydrogens is 300 g/mol. The second kappa shape index (κ2) is 5.56. The van der Waals surface area contributed by atoms with E-state index in [2.05, 4.69) is 15.4 Å². The van der Waals surface area contributed by atoms with E-state index in [0.717, 1.165) is 0 Å². The minimum absolute atomic E-state index is 0.168. The zero-order valence-electron chi connectivity index (χ0n) is 12.5. The Hall–Kier alpha value is -3.16. The highest BCUT2D eigenvalue weighted by molar-refractivity contribution is 5.92. The Morgan fingerprint density at radius 1 is 1.30 bits per heavy atom. The van der Waals surface area contributed by atoms with Gasteiger partial charge in [-0.2, -0.15) is 10.1 Å². The van der Waals surface area contributed by atoms with E-state index >= 15 is 0 Å². The molecule has 2 aromatic rings. The predicted molar refractivity (Wildman–Crippen MR) is 79.9 cm³/mol. The van der Waals surface area contributed by atoms with Gasteiger partial charge < -0.3 is 15.2 Å². The van der Waals surface area contributed by atoms with Gasteiger partial charge in [-0.05, 0) is 24.6 Å². The van der Waals surface area contributed by atoms with Crippen molar-refractivity contribution in [1.82, 2.24) is 14.8 Å². The molecule has 0 aliphatic carbocycles. The predicted octanol–water partition coefficient (Wildman–Crippen LogP) is 1.44. The van der Waals surface area contributed by atoms with Crippen molar-refractivity contribution in [3.05, 3.63) is 53.0 Å².